The van der Waals surface area contributed by atoms with Crippen molar-refractivity contribution in [3.8, 4) is 16.9 Å². The van der Waals surface area contributed by atoms with Crippen LogP contribution in [0.15, 0.2) is 66.9 Å². The molecule has 2 aliphatic heterocycles. The number of aromatic nitrogens is 5. The molecule has 9 rings (SSSR count). The van der Waals surface area contributed by atoms with Gasteiger partial charge in [0.15, 0.2) is 0 Å². The number of pyridine rings is 1. The predicted octanol–water partition coefficient (Wildman–Crippen LogP) is 9.93. The first kappa shape index (κ1) is 40.1. The van der Waals surface area contributed by atoms with Crippen molar-refractivity contribution in [3.05, 3.63) is 122 Å². The Morgan fingerprint density at radius 2 is 1.68 bits per heavy atom. The molecule has 310 valence electrons. The summed E-state index contributed by atoms with van der Waals surface area (Å²) in [5.74, 6) is 1.62. The fourth-order valence-electron chi connectivity index (χ4n) is 9.53. The fraction of sp³-hybridized carbons (Fsp3) is 0.354. The number of nitrogens with zero attached hydrogens (tertiary/aromatic N) is 7. The van der Waals surface area contributed by atoms with Crippen LogP contribution in [0.1, 0.15) is 69.2 Å². The van der Waals surface area contributed by atoms with Crippen LogP contribution in [-0.2, 0) is 20.0 Å². The number of halogens is 2. The van der Waals surface area contributed by atoms with Crippen molar-refractivity contribution in [2.45, 2.75) is 67.0 Å². The van der Waals surface area contributed by atoms with E-state index in [1.54, 1.807) is 0 Å². The van der Waals surface area contributed by atoms with Crippen molar-refractivity contribution in [2.75, 3.05) is 49.1 Å². The molecule has 2 aliphatic rings. The van der Waals surface area contributed by atoms with Crippen molar-refractivity contribution in [3.63, 3.8) is 0 Å². The number of piperazine rings is 1. The van der Waals surface area contributed by atoms with Crippen molar-refractivity contribution < 1.29 is 9.53 Å². The highest BCUT2D eigenvalue weighted by molar-refractivity contribution is 6.35. The highest BCUT2D eigenvalue weighted by Gasteiger charge is 2.38. The van der Waals surface area contributed by atoms with Gasteiger partial charge in [0.1, 0.15) is 17.3 Å². The fourth-order valence-corrected chi connectivity index (χ4v) is 9.88. The molecule has 1 amide bonds. The molecule has 0 bridgehead atoms. The Morgan fingerprint density at radius 1 is 0.917 bits per heavy atom. The van der Waals surface area contributed by atoms with Gasteiger partial charge in [0.2, 0.25) is 0 Å². The molecule has 0 aliphatic carbocycles. The van der Waals surface area contributed by atoms with Crippen molar-refractivity contribution in [1.82, 2.24) is 29.2 Å². The molecule has 6 heterocycles. The minimum atomic E-state index is -0.0814. The van der Waals surface area contributed by atoms with Crippen molar-refractivity contribution in [1.29, 1.82) is 0 Å². The number of rotatable bonds is 10. The smallest absolute Gasteiger partial charge is 0.276 e. The topological polar surface area (TPSA) is 85.4 Å². The average Bonchev–Trinajstić information content (AvgIpc) is 3.84. The van der Waals surface area contributed by atoms with E-state index < -0.39 is 0 Å². The van der Waals surface area contributed by atoms with Gasteiger partial charge in [0.05, 0.1) is 40.6 Å². The van der Waals surface area contributed by atoms with Crippen LogP contribution in [0.5, 0.6) is 5.75 Å². The number of hydrogen-bond donors (Lipinski definition) is 1. The summed E-state index contributed by atoms with van der Waals surface area (Å²) in [6, 6.07) is 21.0. The first-order chi connectivity index (χ1) is 28.9. The molecule has 12 heteroatoms. The normalized spacial score (nSPS) is 15.8. The van der Waals surface area contributed by atoms with E-state index in [1.807, 2.05) is 61.8 Å². The van der Waals surface area contributed by atoms with Gasteiger partial charge < -0.3 is 24.1 Å². The number of anilines is 2. The molecule has 60 heavy (non-hydrogen) atoms. The maximum Gasteiger partial charge on any atom is 0.276 e. The highest BCUT2D eigenvalue weighted by atomic mass is 35.5. The molecule has 1 atom stereocenters. The van der Waals surface area contributed by atoms with E-state index in [9.17, 15) is 0 Å². The van der Waals surface area contributed by atoms with Gasteiger partial charge in [-0.1, -0.05) is 40.9 Å². The molecule has 4 aromatic heterocycles. The minimum Gasteiger partial charge on any atom is -0.494 e. The number of fused-ring (bicyclic) bond motifs is 4. The summed E-state index contributed by atoms with van der Waals surface area (Å²) in [5.41, 5.74) is 12.8. The largest absolute Gasteiger partial charge is 0.494 e. The van der Waals surface area contributed by atoms with Crippen molar-refractivity contribution in [2.24, 2.45) is 7.05 Å². The lowest BCUT2D eigenvalue weighted by atomic mass is 9.98. The number of nitrogens with one attached hydrogen (secondary N) is 1. The third kappa shape index (κ3) is 7.02. The first-order valence-electron chi connectivity index (χ1n) is 21.0. The monoisotopic (exact) mass is 842 g/mol. The molecule has 7 aromatic rings. The highest BCUT2D eigenvalue weighted by Crippen LogP contribution is 2.45. The van der Waals surface area contributed by atoms with E-state index in [0.29, 0.717) is 43.3 Å². The lowest BCUT2D eigenvalue weighted by molar-refractivity contribution is 0.0955. The molecule has 0 spiro atoms. The predicted molar refractivity (Wildman–Crippen MR) is 245 cm³/mol. The molecule has 0 radical (unpaired) electrons. The summed E-state index contributed by atoms with van der Waals surface area (Å²) >= 11 is 13.7. The van der Waals surface area contributed by atoms with Crippen LogP contribution in [0.3, 0.4) is 0 Å². The summed E-state index contributed by atoms with van der Waals surface area (Å²) in [6.07, 6.45) is 3.24. The summed E-state index contributed by atoms with van der Waals surface area (Å²) in [6.45, 7) is 17.7. The summed E-state index contributed by atoms with van der Waals surface area (Å²) in [7, 11) is 1.96. The Kier molecular flexibility index (Phi) is 10.7. The van der Waals surface area contributed by atoms with E-state index in [-0.39, 0.29) is 11.9 Å². The molecule has 1 N–H and O–H groups in total. The van der Waals surface area contributed by atoms with Crippen LogP contribution < -0.4 is 19.9 Å². The minimum absolute atomic E-state index is 0.0332. The van der Waals surface area contributed by atoms with Gasteiger partial charge >= 0.3 is 0 Å². The standard InChI is InChI=1S/C48H52Cl2N8O2/c1-28-10-13-41-34(21-28)24-42(56(41)27-35-25-36(14-15-52-35)55-18-16-51-17-19-55)57-26-31(4)58-46-39(11-12-40(49)44(46)43-32(5)53-54(7)33(43)6)38(47(58)48(57)59)9-8-20-60-37-22-29(2)45(50)30(3)23-37/h10-15,21-25,31,51H,8-9,16-20,26-27H2,1-7H3/t31-/m1/s1. The molecule has 3 aromatic carbocycles. The molecule has 1 fully saturated rings. The second-order valence-corrected chi connectivity index (χ2v) is 17.5. The number of amides is 1. The van der Waals surface area contributed by atoms with E-state index >= 15 is 4.79 Å². The van der Waals surface area contributed by atoms with Crippen molar-refractivity contribution >= 4 is 62.4 Å². The Morgan fingerprint density at radius 3 is 2.42 bits per heavy atom. The summed E-state index contributed by atoms with van der Waals surface area (Å²) < 4.78 is 12.8. The zero-order valence-electron chi connectivity index (χ0n) is 35.5. The van der Waals surface area contributed by atoms with Gasteiger partial charge in [-0.25, -0.2) is 0 Å². The number of carbonyl (C=O) groups excluding carboxylic acids is 1. The van der Waals surface area contributed by atoms with Crippen LogP contribution >= 0.6 is 23.2 Å². The number of ether oxygens (including phenoxy) is 1. The van der Waals surface area contributed by atoms with Crippen LogP contribution in [0.2, 0.25) is 10.0 Å². The lowest BCUT2D eigenvalue weighted by Crippen LogP contribution is -2.43. The van der Waals surface area contributed by atoms with E-state index in [2.05, 4.69) is 82.6 Å². The maximum absolute atomic E-state index is 15.6. The van der Waals surface area contributed by atoms with Crippen LogP contribution in [0.25, 0.3) is 32.9 Å². The molecule has 10 nitrogen and oxygen atoms in total. The molecular weight excluding hydrogens is 791 g/mol. The maximum atomic E-state index is 15.6. The van der Waals surface area contributed by atoms with Gasteiger partial charge in [0.25, 0.3) is 5.91 Å². The third-order valence-electron chi connectivity index (χ3n) is 12.5. The summed E-state index contributed by atoms with van der Waals surface area (Å²) in [4.78, 5) is 24.8. The van der Waals surface area contributed by atoms with Gasteiger partial charge in [-0.05, 0) is 120 Å². The Balaban J connectivity index is 1.16. The molecule has 0 unspecified atom stereocenters. The number of aryl methyl sites for hydroxylation is 6. The average molecular weight is 844 g/mol. The third-order valence-corrected chi connectivity index (χ3v) is 13.4. The van der Waals surface area contributed by atoms with Crippen LogP contribution in [-0.4, -0.2) is 69.1 Å². The second kappa shape index (κ2) is 16.0. The van der Waals surface area contributed by atoms with E-state index in [4.69, 9.17) is 38.0 Å². The molecular formula is C48H52Cl2N8O2. The van der Waals surface area contributed by atoms with Crippen LogP contribution in [0.4, 0.5) is 11.5 Å². The quantitative estimate of drug-likeness (QED) is 0.138. The number of hydrogen-bond acceptors (Lipinski definition) is 6. The van der Waals surface area contributed by atoms with Gasteiger partial charge in [-0.15, -0.1) is 0 Å². The van der Waals surface area contributed by atoms with Gasteiger partial charge in [-0.3, -0.25) is 19.4 Å². The lowest BCUT2D eigenvalue weighted by Gasteiger charge is -2.35. The zero-order valence-corrected chi connectivity index (χ0v) is 37.0. The zero-order chi connectivity index (χ0) is 42.0. The molecule has 0 saturated carbocycles. The first-order valence-corrected chi connectivity index (χ1v) is 21.7. The SMILES string of the molecule is Cc1ccc2c(c1)cc(N1C[C@@H](C)n3c(c(CCCOc4cc(C)c(Cl)c(C)c4)c4ccc(Cl)c(-c5c(C)nn(C)c5C)c43)C1=O)n2Cc1cc(N2CCNCC2)ccn1. The summed E-state index contributed by atoms with van der Waals surface area (Å²) in [5, 5.41) is 11.8. The number of benzene rings is 3. The van der Waals surface area contributed by atoms with Gasteiger partial charge in [-0.2, -0.15) is 5.10 Å². The van der Waals surface area contributed by atoms with Crippen LogP contribution in [0, 0.1) is 34.6 Å². The van der Waals surface area contributed by atoms with Gasteiger partial charge in [0, 0.05) is 90.3 Å². The van der Waals surface area contributed by atoms with E-state index in [0.717, 1.165) is 109 Å². The second-order valence-electron chi connectivity index (χ2n) is 16.7. The molecule has 1 saturated heterocycles. The number of carbonyl (C=O) groups is 1. The van der Waals surface area contributed by atoms with E-state index in [1.165, 1.54) is 11.3 Å². The Hall–Kier alpha value is -5.29. The Labute approximate surface area is 361 Å². The Bertz CT molecular complexity index is 2790.